The van der Waals surface area contributed by atoms with Crippen LogP contribution in [0.25, 0.3) is 11.8 Å². The van der Waals surface area contributed by atoms with Gasteiger partial charge in [0.15, 0.2) is 5.82 Å². The van der Waals surface area contributed by atoms with Gasteiger partial charge in [0, 0.05) is 19.0 Å². The maximum atomic E-state index is 12.8. The van der Waals surface area contributed by atoms with E-state index in [0.717, 1.165) is 11.3 Å². The number of aliphatic carboxylic acids is 1. The molecule has 0 radical (unpaired) electrons. The summed E-state index contributed by atoms with van der Waals surface area (Å²) < 4.78 is 3.17. The number of nitrogens with one attached hydrogen (secondary N) is 2. The molecule has 138 valence electrons. The van der Waals surface area contributed by atoms with Crippen molar-refractivity contribution in [2.75, 3.05) is 5.32 Å². The van der Waals surface area contributed by atoms with Gasteiger partial charge in [0.1, 0.15) is 6.04 Å². The van der Waals surface area contributed by atoms with Gasteiger partial charge in [-0.3, -0.25) is 14.7 Å². The molecule has 27 heavy (non-hydrogen) atoms. The Kier molecular flexibility index (Phi) is 5.13. The molecule has 0 saturated carbocycles. The number of allylic oxidation sites excluding steroid dienone is 1. The van der Waals surface area contributed by atoms with Gasteiger partial charge in [-0.05, 0) is 36.8 Å². The van der Waals surface area contributed by atoms with Crippen molar-refractivity contribution in [1.29, 1.82) is 0 Å². The second kappa shape index (κ2) is 7.66. The number of hydrogen-bond donors (Lipinski definition) is 3. The lowest BCUT2D eigenvalue weighted by Crippen LogP contribution is -2.37. The molecule has 1 aliphatic heterocycles. The highest BCUT2D eigenvalue weighted by molar-refractivity contribution is 5.76. The van der Waals surface area contributed by atoms with Crippen molar-refractivity contribution in [2.24, 2.45) is 0 Å². The van der Waals surface area contributed by atoms with Crippen LogP contribution in [0.4, 0.5) is 5.82 Å². The highest BCUT2D eigenvalue weighted by Crippen LogP contribution is 2.22. The Morgan fingerprint density at radius 1 is 1.37 bits per heavy atom. The number of aromatic nitrogens is 2. The third-order valence-electron chi connectivity index (χ3n) is 4.27. The quantitative estimate of drug-likeness (QED) is 0.497. The molecule has 1 aliphatic rings. The van der Waals surface area contributed by atoms with Gasteiger partial charge in [-0.15, -0.1) is 0 Å². The van der Waals surface area contributed by atoms with E-state index in [1.807, 2.05) is 6.92 Å². The summed E-state index contributed by atoms with van der Waals surface area (Å²) in [6, 6.07) is 8.71. The number of nitrogens with zero attached hydrogens (tertiary/aromatic N) is 2. The zero-order chi connectivity index (χ0) is 19.4. The summed E-state index contributed by atoms with van der Waals surface area (Å²) in [5, 5.41) is 14.4. The van der Waals surface area contributed by atoms with E-state index in [1.165, 1.54) is 4.57 Å². The number of carbonyl (C=O) groups excluding carboxylic acids is 1. The summed E-state index contributed by atoms with van der Waals surface area (Å²) in [5.74, 6) is 2.30. The van der Waals surface area contributed by atoms with Crippen molar-refractivity contribution in [2.45, 2.75) is 25.9 Å². The van der Waals surface area contributed by atoms with Crippen molar-refractivity contribution >= 4 is 24.3 Å². The zero-order valence-corrected chi connectivity index (χ0v) is 14.6. The molecule has 0 unspecified atom stereocenters. The maximum Gasteiger partial charge on any atom is 0.334 e. The largest absolute Gasteiger partial charge is 0.480 e. The van der Waals surface area contributed by atoms with E-state index in [2.05, 4.69) is 22.6 Å². The van der Waals surface area contributed by atoms with Gasteiger partial charge >= 0.3 is 11.7 Å². The fourth-order valence-electron chi connectivity index (χ4n) is 2.97. The minimum atomic E-state index is -1.11. The summed E-state index contributed by atoms with van der Waals surface area (Å²) in [4.78, 5) is 34.5. The Bertz CT molecular complexity index is 1020. The average molecular weight is 366 g/mol. The van der Waals surface area contributed by atoms with Crippen LogP contribution >= 0.6 is 0 Å². The minimum Gasteiger partial charge on any atom is -0.480 e. The monoisotopic (exact) mass is 366 g/mol. The molecule has 0 saturated heterocycles. The summed E-state index contributed by atoms with van der Waals surface area (Å²) in [5.41, 5.74) is 1.89. The third-order valence-corrected chi connectivity index (χ3v) is 4.27. The van der Waals surface area contributed by atoms with Crippen molar-refractivity contribution < 1.29 is 14.7 Å². The molecular weight excluding hydrogens is 348 g/mol. The summed E-state index contributed by atoms with van der Waals surface area (Å²) in [7, 11) is 0. The van der Waals surface area contributed by atoms with Crippen LogP contribution in [0.15, 0.2) is 35.1 Å². The first-order valence-electron chi connectivity index (χ1n) is 8.37. The molecule has 1 aromatic carbocycles. The summed E-state index contributed by atoms with van der Waals surface area (Å²) in [6.07, 6.45) is 3.99. The molecule has 8 nitrogen and oxygen atoms in total. The molecule has 3 rings (SSSR count). The molecule has 0 bridgehead atoms. The molecule has 1 aromatic heterocycles. The van der Waals surface area contributed by atoms with Crippen molar-refractivity contribution in [1.82, 2.24) is 14.5 Å². The molecule has 1 atom stereocenters. The number of rotatable bonds is 7. The minimum absolute atomic E-state index is 0.143. The number of carbonyl (C=O) groups is 2. The molecule has 3 N–H and O–H groups in total. The van der Waals surface area contributed by atoms with Crippen LogP contribution in [0.1, 0.15) is 18.2 Å². The SMILES string of the molecule is CCn1c2c(n(-c3ccc(C[C@H](NC=O)C(=O)O)cc3)c1=O)NC#CC=C2. The Hall–Kier alpha value is -3.73. The Labute approximate surface area is 155 Å². The van der Waals surface area contributed by atoms with E-state index < -0.39 is 12.0 Å². The van der Waals surface area contributed by atoms with Crippen molar-refractivity contribution in [3.8, 4) is 17.7 Å². The lowest BCUT2D eigenvalue weighted by molar-refractivity contribution is -0.140. The number of fused-ring (bicyclic) bond motifs is 1. The average Bonchev–Trinajstić information content (AvgIpc) is 2.79. The Morgan fingerprint density at radius 3 is 2.74 bits per heavy atom. The number of anilines is 1. The van der Waals surface area contributed by atoms with Crippen LogP contribution in [0.5, 0.6) is 0 Å². The predicted octanol–water partition coefficient (Wildman–Crippen LogP) is 0.800. The number of amides is 1. The van der Waals surface area contributed by atoms with E-state index in [9.17, 15) is 14.4 Å². The van der Waals surface area contributed by atoms with E-state index in [1.54, 1.807) is 41.0 Å². The number of hydrogen-bond acceptors (Lipinski definition) is 4. The van der Waals surface area contributed by atoms with Crippen LogP contribution in [0, 0.1) is 12.0 Å². The highest BCUT2D eigenvalue weighted by atomic mass is 16.4. The predicted molar refractivity (Wildman–Crippen MR) is 100 cm³/mol. The molecular formula is C19H18N4O4. The van der Waals surface area contributed by atoms with Crippen molar-refractivity contribution in [3.63, 3.8) is 0 Å². The van der Waals surface area contributed by atoms with Gasteiger partial charge < -0.3 is 10.4 Å². The van der Waals surface area contributed by atoms with Crippen LogP contribution in [-0.2, 0) is 22.6 Å². The number of carboxylic acids is 1. The van der Waals surface area contributed by atoms with E-state index in [0.29, 0.717) is 24.5 Å². The fourth-order valence-corrected chi connectivity index (χ4v) is 2.97. The molecule has 1 amide bonds. The molecule has 0 fully saturated rings. The van der Waals surface area contributed by atoms with Crippen LogP contribution in [-0.4, -0.2) is 32.7 Å². The van der Waals surface area contributed by atoms with Gasteiger partial charge in [-0.1, -0.05) is 18.1 Å². The Balaban J connectivity index is 1.97. The van der Waals surface area contributed by atoms with Crippen LogP contribution in [0.2, 0.25) is 0 Å². The number of imidazole rings is 1. The second-order valence-electron chi connectivity index (χ2n) is 5.87. The summed E-state index contributed by atoms with van der Waals surface area (Å²) >= 11 is 0. The lowest BCUT2D eigenvalue weighted by Gasteiger charge is -2.12. The first kappa shape index (κ1) is 18.1. The number of benzene rings is 1. The first-order chi connectivity index (χ1) is 13.1. The molecule has 2 heterocycles. The molecule has 8 heteroatoms. The smallest absolute Gasteiger partial charge is 0.334 e. The van der Waals surface area contributed by atoms with Gasteiger partial charge in [0.25, 0.3) is 0 Å². The zero-order valence-electron chi connectivity index (χ0n) is 14.6. The van der Waals surface area contributed by atoms with Gasteiger partial charge in [0.2, 0.25) is 6.41 Å². The second-order valence-corrected chi connectivity index (χ2v) is 5.87. The van der Waals surface area contributed by atoms with Crippen LogP contribution < -0.4 is 16.3 Å². The maximum absolute atomic E-state index is 12.8. The lowest BCUT2D eigenvalue weighted by atomic mass is 10.1. The van der Waals surface area contributed by atoms with Crippen LogP contribution in [0.3, 0.4) is 0 Å². The van der Waals surface area contributed by atoms with Gasteiger partial charge in [-0.2, -0.15) is 0 Å². The molecule has 0 spiro atoms. The molecule has 0 aliphatic carbocycles. The topological polar surface area (TPSA) is 105 Å². The Morgan fingerprint density at radius 2 is 2.11 bits per heavy atom. The normalized spacial score (nSPS) is 12.8. The summed E-state index contributed by atoms with van der Waals surface area (Å²) in [6.45, 7) is 2.40. The first-order valence-corrected chi connectivity index (χ1v) is 8.37. The third kappa shape index (κ3) is 3.48. The van der Waals surface area contributed by atoms with Gasteiger partial charge in [0.05, 0.1) is 11.4 Å². The van der Waals surface area contributed by atoms with E-state index in [4.69, 9.17) is 5.11 Å². The van der Waals surface area contributed by atoms with E-state index >= 15 is 0 Å². The number of carboxylic acid groups (broad SMARTS) is 1. The van der Waals surface area contributed by atoms with Gasteiger partial charge in [-0.25, -0.2) is 14.2 Å². The fraction of sp³-hybridized carbons (Fsp3) is 0.211. The highest BCUT2D eigenvalue weighted by Gasteiger charge is 2.20. The standard InChI is InChI=1S/C19H18N4O4/c1-2-22-16-5-3-4-10-20-17(16)23(19(22)27)14-8-6-13(7-9-14)11-15(18(25)26)21-12-24/h3,5-9,12,15,20H,2,11H2,1H3,(H,21,24)(H,25,26)/t15-/m0/s1. The van der Waals surface area contributed by atoms with E-state index in [-0.39, 0.29) is 12.1 Å². The molecule has 2 aromatic rings. The van der Waals surface area contributed by atoms with Crippen molar-refractivity contribution in [3.05, 3.63) is 52.1 Å².